The highest BCUT2D eigenvalue weighted by molar-refractivity contribution is 7.91. The fraction of sp³-hybridized carbons (Fsp3) is 0.235. The molecule has 6 heteroatoms. The highest BCUT2D eigenvalue weighted by atomic mass is 32.2. The molecule has 0 heterocycles. The number of nitrogens with one attached hydrogen (secondary N) is 1. The smallest absolute Gasteiger partial charge is 0.235 e. The Hall–Kier alpha value is -2.21. The lowest BCUT2D eigenvalue weighted by Crippen LogP contribution is -2.30. The van der Waals surface area contributed by atoms with Crippen LogP contribution >= 0.6 is 0 Å². The molecule has 0 saturated carbocycles. The second-order valence-corrected chi connectivity index (χ2v) is 7.39. The van der Waals surface area contributed by atoms with Gasteiger partial charge in [-0.15, -0.1) is 0 Å². The maximum Gasteiger partial charge on any atom is 0.235 e. The van der Waals surface area contributed by atoms with Gasteiger partial charge < -0.3 is 5.32 Å². The number of halogens is 1. The van der Waals surface area contributed by atoms with E-state index in [1.54, 1.807) is 24.3 Å². The molecular formula is C17H18FNO3S. The Kier molecular flexibility index (Phi) is 5.50. The summed E-state index contributed by atoms with van der Waals surface area (Å²) in [4.78, 5) is 11.8. The van der Waals surface area contributed by atoms with Gasteiger partial charge >= 0.3 is 0 Å². The number of rotatable bonds is 6. The van der Waals surface area contributed by atoms with Crippen LogP contribution in [0, 0.1) is 12.7 Å². The summed E-state index contributed by atoms with van der Waals surface area (Å²) in [7, 11) is -3.58. The van der Waals surface area contributed by atoms with Gasteiger partial charge in [-0.05, 0) is 24.1 Å². The third-order valence-electron chi connectivity index (χ3n) is 3.42. The topological polar surface area (TPSA) is 63.2 Å². The molecule has 0 aliphatic carbocycles. The molecule has 0 aliphatic rings. The van der Waals surface area contributed by atoms with Gasteiger partial charge in [-0.25, -0.2) is 12.8 Å². The van der Waals surface area contributed by atoms with Crippen molar-refractivity contribution in [3.05, 3.63) is 71.0 Å². The minimum absolute atomic E-state index is 0.0363. The number of aryl methyl sites for hydroxylation is 1. The lowest BCUT2D eigenvalue weighted by molar-refractivity contribution is -0.118. The Labute approximate surface area is 135 Å². The van der Waals surface area contributed by atoms with Crippen molar-refractivity contribution in [3.63, 3.8) is 0 Å². The molecule has 0 saturated heterocycles. The quantitative estimate of drug-likeness (QED) is 0.881. The van der Waals surface area contributed by atoms with E-state index < -0.39 is 27.3 Å². The maximum absolute atomic E-state index is 13.4. The van der Waals surface area contributed by atoms with Crippen molar-refractivity contribution in [1.82, 2.24) is 5.32 Å². The summed E-state index contributed by atoms with van der Waals surface area (Å²) in [5, 5.41) is 2.44. The molecule has 0 fully saturated rings. The van der Waals surface area contributed by atoms with E-state index >= 15 is 0 Å². The standard InChI is InChI=1S/C17H18FNO3S/c1-13-6-2-3-8-15(13)11-23(21,22)12-17(20)19-10-14-7-4-5-9-16(14)18/h2-9H,10-12H2,1H3,(H,19,20). The Morgan fingerprint density at radius 3 is 2.30 bits per heavy atom. The minimum Gasteiger partial charge on any atom is -0.351 e. The molecule has 0 bridgehead atoms. The van der Waals surface area contributed by atoms with Crippen molar-refractivity contribution < 1.29 is 17.6 Å². The van der Waals surface area contributed by atoms with E-state index in [4.69, 9.17) is 0 Å². The third-order valence-corrected chi connectivity index (χ3v) is 4.87. The van der Waals surface area contributed by atoms with Crippen LogP contribution in [0.1, 0.15) is 16.7 Å². The van der Waals surface area contributed by atoms with E-state index in [0.29, 0.717) is 11.1 Å². The van der Waals surface area contributed by atoms with Crippen LogP contribution in [0.15, 0.2) is 48.5 Å². The molecule has 2 aromatic carbocycles. The predicted molar refractivity (Wildman–Crippen MR) is 86.9 cm³/mol. The molecule has 23 heavy (non-hydrogen) atoms. The fourth-order valence-electron chi connectivity index (χ4n) is 2.15. The van der Waals surface area contributed by atoms with Gasteiger partial charge in [-0.1, -0.05) is 42.5 Å². The van der Waals surface area contributed by atoms with Crippen molar-refractivity contribution in [3.8, 4) is 0 Å². The number of sulfone groups is 1. The van der Waals surface area contributed by atoms with Gasteiger partial charge in [0.15, 0.2) is 9.84 Å². The first-order valence-electron chi connectivity index (χ1n) is 7.12. The maximum atomic E-state index is 13.4. The van der Waals surface area contributed by atoms with Gasteiger partial charge in [0.2, 0.25) is 5.91 Å². The summed E-state index contributed by atoms with van der Waals surface area (Å²) in [6.07, 6.45) is 0. The molecule has 1 N–H and O–H groups in total. The highest BCUT2D eigenvalue weighted by Crippen LogP contribution is 2.12. The molecule has 4 nitrogen and oxygen atoms in total. The SMILES string of the molecule is Cc1ccccc1CS(=O)(=O)CC(=O)NCc1ccccc1F. The molecule has 1 amide bonds. The molecule has 0 spiro atoms. The lowest BCUT2D eigenvalue weighted by atomic mass is 10.1. The number of carbonyl (C=O) groups is 1. The summed E-state index contributed by atoms with van der Waals surface area (Å²) in [6.45, 7) is 1.79. The van der Waals surface area contributed by atoms with Crippen LogP contribution in [0.2, 0.25) is 0 Å². The highest BCUT2D eigenvalue weighted by Gasteiger charge is 2.18. The minimum atomic E-state index is -3.58. The number of amides is 1. The monoisotopic (exact) mass is 335 g/mol. The lowest BCUT2D eigenvalue weighted by Gasteiger charge is -2.08. The molecule has 0 radical (unpaired) electrons. The normalized spacial score (nSPS) is 11.2. The number of hydrogen-bond acceptors (Lipinski definition) is 3. The van der Waals surface area contributed by atoms with Crippen LogP contribution < -0.4 is 5.32 Å². The van der Waals surface area contributed by atoms with E-state index in [1.165, 1.54) is 12.1 Å². The first-order chi connectivity index (χ1) is 10.9. The third kappa shape index (κ3) is 5.17. The average molecular weight is 335 g/mol. The van der Waals surface area contributed by atoms with Crippen molar-refractivity contribution >= 4 is 15.7 Å². The summed E-state index contributed by atoms with van der Waals surface area (Å²) in [5.74, 6) is -1.87. The molecule has 2 aromatic rings. The van der Waals surface area contributed by atoms with E-state index in [0.717, 1.165) is 5.56 Å². The van der Waals surface area contributed by atoms with Crippen LogP contribution in [-0.4, -0.2) is 20.1 Å². The second-order valence-electron chi connectivity index (χ2n) is 5.33. The Morgan fingerprint density at radius 1 is 1.04 bits per heavy atom. The average Bonchev–Trinajstić information content (AvgIpc) is 2.48. The van der Waals surface area contributed by atoms with Crippen LogP contribution in [0.25, 0.3) is 0 Å². The van der Waals surface area contributed by atoms with Gasteiger partial charge in [0.05, 0.1) is 5.75 Å². The first kappa shape index (κ1) is 17.1. The molecular weight excluding hydrogens is 317 g/mol. The molecule has 0 atom stereocenters. The Balaban J connectivity index is 1.94. The zero-order valence-corrected chi connectivity index (χ0v) is 13.6. The van der Waals surface area contributed by atoms with Crippen LogP contribution in [-0.2, 0) is 26.9 Å². The van der Waals surface area contributed by atoms with Crippen molar-refractivity contribution in [1.29, 1.82) is 0 Å². The zero-order valence-electron chi connectivity index (χ0n) is 12.8. The summed E-state index contributed by atoms with van der Waals surface area (Å²) in [5.41, 5.74) is 1.86. The molecule has 122 valence electrons. The molecule has 0 aromatic heterocycles. The van der Waals surface area contributed by atoms with Crippen molar-refractivity contribution in [2.24, 2.45) is 0 Å². The Morgan fingerprint density at radius 2 is 1.65 bits per heavy atom. The van der Waals surface area contributed by atoms with Crippen molar-refractivity contribution in [2.45, 2.75) is 19.2 Å². The van der Waals surface area contributed by atoms with Crippen molar-refractivity contribution in [2.75, 3.05) is 5.75 Å². The number of benzene rings is 2. The summed E-state index contributed by atoms with van der Waals surface area (Å²) < 4.78 is 37.7. The summed E-state index contributed by atoms with van der Waals surface area (Å²) in [6, 6.07) is 13.2. The van der Waals surface area contributed by atoms with E-state index in [2.05, 4.69) is 5.32 Å². The fourth-order valence-corrected chi connectivity index (χ4v) is 3.55. The largest absolute Gasteiger partial charge is 0.351 e. The Bertz CT molecular complexity index is 803. The van der Waals surface area contributed by atoms with Crippen LogP contribution in [0.5, 0.6) is 0 Å². The number of hydrogen-bond donors (Lipinski definition) is 1. The first-order valence-corrected chi connectivity index (χ1v) is 8.94. The van der Waals surface area contributed by atoms with Gasteiger partial charge in [-0.3, -0.25) is 4.79 Å². The molecule has 2 rings (SSSR count). The van der Waals surface area contributed by atoms with Gasteiger partial charge in [0.25, 0.3) is 0 Å². The van der Waals surface area contributed by atoms with Gasteiger partial charge in [0, 0.05) is 12.1 Å². The van der Waals surface area contributed by atoms with Gasteiger partial charge in [0.1, 0.15) is 11.6 Å². The zero-order chi connectivity index (χ0) is 16.9. The number of carbonyl (C=O) groups excluding carboxylic acids is 1. The second kappa shape index (κ2) is 7.37. The molecule has 0 aliphatic heterocycles. The molecule has 0 unspecified atom stereocenters. The van der Waals surface area contributed by atoms with E-state index in [1.807, 2.05) is 19.1 Å². The predicted octanol–water partition coefficient (Wildman–Crippen LogP) is 2.37. The van der Waals surface area contributed by atoms with E-state index in [-0.39, 0.29) is 12.3 Å². The van der Waals surface area contributed by atoms with E-state index in [9.17, 15) is 17.6 Å². The van der Waals surface area contributed by atoms with Crippen LogP contribution in [0.3, 0.4) is 0 Å². The summed E-state index contributed by atoms with van der Waals surface area (Å²) >= 11 is 0. The van der Waals surface area contributed by atoms with Crippen LogP contribution in [0.4, 0.5) is 4.39 Å². The van der Waals surface area contributed by atoms with Gasteiger partial charge in [-0.2, -0.15) is 0 Å².